The van der Waals surface area contributed by atoms with E-state index in [0.29, 0.717) is 0 Å². The van der Waals surface area contributed by atoms with E-state index in [1.54, 1.807) is 0 Å². The first kappa shape index (κ1) is 3.56. The van der Waals surface area contributed by atoms with Crippen molar-refractivity contribution in [2.75, 3.05) is 0 Å². The van der Waals surface area contributed by atoms with Crippen molar-refractivity contribution < 1.29 is 7.13 Å². The number of pyridine rings is 1. The Morgan fingerprint density at radius 1 is 1.88 bits per heavy atom. The van der Waals surface area contributed by atoms with Crippen molar-refractivity contribution in [3.8, 4) is 0 Å². The molecular formula is C5H3BrFN. The summed E-state index contributed by atoms with van der Waals surface area (Å²) in [6.45, 7) is 0. The molecule has 0 aliphatic heterocycles. The van der Waals surface area contributed by atoms with E-state index >= 15 is 0 Å². The smallest absolute Gasteiger partial charge is 0.141 e. The van der Waals surface area contributed by atoms with E-state index in [0.717, 1.165) is 6.07 Å². The first-order chi connectivity index (χ1) is 4.61. The van der Waals surface area contributed by atoms with Gasteiger partial charge in [-0.3, -0.25) is 0 Å². The lowest BCUT2D eigenvalue weighted by Crippen LogP contribution is -1.75. The van der Waals surface area contributed by atoms with Crippen LogP contribution in [0.2, 0.25) is 0 Å². The maximum absolute atomic E-state index is 12.4. The molecule has 0 radical (unpaired) electrons. The third-order valence-electron chi connectivity index (χ3n) is 0.579. The maximum Gasteiger partial charge on any atom is 0.141 e. The minimum absolute atomic E-state index is 0.0477. The Morgan fingerprint density at radius 2 is 2.62 bits per heavy atom. The van der Waals surface area contributed by atoms with Crippen molar-refractivity contribution in [3.63, 3.8) is 0 Å². The molecule has 42 valence electrons. The molecule has 1 heterocycles. The highest BCUT2D eigenvalue weighted by Crippen LogP contribution is 2.03. The highest BCUT2D eigenvalue weighted by Gasteiger charge is 1.86. The Kier molecular flexibility index (Phi) is 0.987. The van der Waals surface area contributed by atoms with Gasteiger partial charge in [0.2, 0.25) is 0 Å². The molecule has 0 unspecified atom stereocenters. The molecular weight excluding hydrogens is 173 g/mol. The zero-order valence-electron chi connectivity index (χ0n) is 5.78. The first-order valence-corrected chi connectivity index (χ1v) is 2.70. The molecule has 1 aromatic heterocycles. The van der Waals surface area contributed by atoms with Crippen molar-refractivity contribution >= 4 is 15.9 Å². The van der Waals surface area contributed by atoms with E-state index in [-0.39, 0.29) is 10.6 Å². The Hall–Kier alpha value is -0.440. The molecule has 0 atom stereocenters. The van der Waals surface area contributed by atoms with Gasteiger partial charge in [-0.2, -0.15) is 0 Å². The Morgan fingerprint density at radius 3 is 3.25 bits per heavy atom. The van der Waals surface area contributed by atoms with Crippen LogP contribution in [0.4, 0.5) is 4.39 Å². The SMILES string of the molecule is [2H]c1cc(F)c([2H])nc1Br. The topological polar surface area (TPSA) is 12.9 Å². The van der Waals surface area contributed by atoms with Gasteiger partial charge in [-0.05, 0) is 28.0 Å². The van der Waals surface area contributed by atoms with Crippen molar-refractivity contribution in [3.05, 3.63) is 28.7 Å². The molecule has 0 aliphatic carbocycles. The average molecular weight is 178 g/mol. The lowest BCUT2D eigenvalue weighted by atomic mass is 10.5. The normalized spacial score (nSPS) is 12.8. The van der Waals surface area contributed by atoms with Crippen molar-refractivity contribution in [2.45, 2.75) is 0 Å². The number of hydrogen-bond donors (Lipinski definition) is 0. The molecule has 0 amide bonds. The van der Waals surface area contributed by atoms with Gasteiger partial charge in [0.05, 0.1) is 8.91 Å². The molecule has 0 saturated carbocycles. The number of aromatic nitrogens is 1. The zero-order valence-corrected chi connectivity index (χ0v) is 5.37. The summed E-state index contributed by atoms with van der Waals surface area (Å²) in [6, 6.07) is 0.896. The second-order valence-corrected chi connectivity index (χ2v) is 1.90. The zero-order chi connectivity index (χ0) is 7.72. The summed E-state index contributed by atoms with van der Waals surface area (Å²) in [5.41, 5.74) is 0. The summed E-state index contributed by atoms with van der Waals surface area (Å²) in [5.74, 6) is -0.770. The van der Waals surface area contributed by atoms with E-state index in [1.165, 1.54) is 0 Å². The molecule has 1 aromatic rings. The van der Waals surface area contributed by atoms with E-state index in [4.69, 9.17) is 2.74 Å². The molecule has 0 aliphatic rings. The molecule has 1 nitrogen and oxygen atoms in total. The Balaban J connectivity index is 3.28. The molecule has 0 aromatic carbocycles. The Labute approximate surface area is 57.5 Å². The summed E-state index contributed by atoms with van der Waals surface area (Å²) < 4.78 is 26.4. The van der Waals surface area contributed by atoms with E-state index in [9.17, 15) is 4.39 Å². The highest BCUT2D eigenvalue weighted by molar-refractivity contribution is 9.10. The summed E-state index contributed by atoms with van der Waals surface area (Å²) >= 11 is 2.89. The van der Waals surface area contributed by atoms with Gasteiger partial charge in [0.25, 0.3) is 0 Å². The predicted molar refractivity (Wildman–Crippen MR) is 31.9 cm³/mol. The minimum Gasteiger partial charge on any atom is -0.246 e. The lowest BCUT2D eigenvalue weighted by Gasteiger charge is -1.84. The summed E-state index contributed by atoms with van der Waals surface area (Å²) in [6.07, 6.45) is -0.442. The van der Waals surface area contributed by atoms with Crippen LogP contribution in [0.25, 0.3) is 0 Å². The maximum atomic E-state index is 12.4. The number of nitrogens with zero attached hydrogens (tertiary/aromatic N) is 1. The van der Waals surface area contributed by atoms with Crippen LogP contribution in [0, 0.1) is 5.82 Å². The molecule has 0 bridgehead atoms. The fourth-order valence-electron chi connectivity index (χ4n) is 0.290. The Bertz CT molecular complexity index is 216. The molecule has 0 spiro atoms. The van der Waals surface area contributed by atoms with Crippen LogP contribution in [-0.2, 0) is 0 Å². The summed E-state index contributed by atoms with van der Waals surface area (Å²) in [7, 11) is 0. The second-order valence-electron chi connectivity index (χ2n) is 1.15. The summed E-state index contributed by atoms with van der Waals surface area (Å²) in [5, 5.41) is 0. The number of halogens is 2. The molecule has 0 N–H and O–H groups in total. The summed E-state index contributed by atoms with van der Waals surface area (Å²) in [4.78, 5) is 3.39. The van der Waals surface area contributed by atoms with Crippen LogP contribution in [0.3, 0.4) is 0 Å². The molecule has 0 saturated heterocycles. The largest absolute Gasteiger partial charge is 0.246 e. The molecule has 1 rings (SSSR count). The fourth-order valence-corrected chi connectivity index (χ4v) is 0.493. The van der Waals surface area contributed by atoms with Gasteiger partial charge < -0.3 is 0 Å². The highest BCUT2D eigenvalue weighted by atomic mass is 79.9. The lowest BCUT2D eigenvalue weighted by molar-refractivity contribution is 0.620. The predicted octanol–water partition coefficient (Wildman–Crippen LogP) is 1.98. The van der Waals surface area contributed by atoms with Gasteiger partial charge in [0.15, 0.2) is 0 Å². The van der Waals surface area contributed by atoms with Crippen LogP contribution in [0.1, 0.15) is 2.74 Å². The van der Waals surface area contributed by atoms with Crippen LogP contribution in [0.5, 0.6) is 0 Å². The first-order valence-electron chi connectivity index (χ1n) is 2.90. The molecule has 3 heteroatoms. The van der Waals surface area contributed by atoms with Gasteiger partial charge in [0, 0.05) is 0 Å². The van der Waals surface area contributed by atoms with Crippen LogP contribution < -0.4 is 0 Å². The van der Waals surface area contributed by atoms with Crippen molar-refractivity contribution in [1.29, 1.82) is 0 Å². The minimum atomic E-state index is -0.770. The standard InChI is InChI=1S/C5H3BrFN/c6-5-2-1-4(7)3-8-5/h1-3H/i2D,3D. The molecule has 8 heavy (non-hydrogen) atoms. The van der Waals surface area contributed by atoms with Crippen LogP contribution in [0.15, 0.2) is 22.9 Å². The van der Waals surface area contributed by atoms with Gasteiger partial charge >= 0.3 is 0 Å². The van der Waals surface area contributed by atoms with Gasteiger partial charge in [-0.1, -0.05) is 0 Å². The third kappa shape index (κ3) is 1.26. The number of hydrogen-bond acceptors (Lipinski definition) is 1. The van der Waals surface area contributed by atoms with Crippen LogP contribution in [-0.4, -0.2) is 4.98 Å². The van der Waals surface area contributed by atoms with Gasteiger partial charge in [-0.25, -0.2) is 9.37 Å². The van der Waals surface area contributed by atoms with E-state index in [1.807, 2.05) is 0 Å². The van der Waals surface area contributed by atoms with Gasteiger partial charge in [0.1, 0.15) is 10.4 Å². The van der Waals surface area contributed by atoms with E-state index in [2.05, 4.69) is 20.9 Å². The van der Waals surface area contributed by atoms with Crippen molar-refractivity contribution in [2.24, 2.45) is 0 Å². The third-order valence-corrected chi connectivity index (χ3v) is 0.985. The fraction of sp³-hybridized carbons (Fsp3) is 0. The second kappa shape index (κ2) is 2.22. The molecule has 0 fully saturated rings. The monoisotopic (exact) mass is 177 g/mol. The quantitative estimate of drug-likeness (QED) is 0.553. The van der Waals surface area contributed by atoms with Crippen molar-refractivity contribution in [1.82, 2.24) is 4.98 Å². The van der Waals surface area contributed by atoms with Gasteiger partial charge in [-0.15, -0.1) is 0 Å². The van der Waals surface area contributed by atoms with Crippen LogP contribution >= 0.6 is 15.9 Å². The average Bonchev–Trinajstić information content (AvgIpc) is 1.84. The van der Waals surface area contributed by atoms with E-state index < -0.39 is 12.0 Å². The number of rotatable bonds is 0.